The molecule has 1 saturated carbocycles. The third-order valence-electron chi connectivity index (χ3n) is 7.33. The summed E-state index contributed by atoms with van der Waals surface area (Å²) in [6.45, 7) is 2.12. The van der Waals surface area contributed by atoms with Crippen molar-refractivity contribution in [2.24, 2.45) is 0 Å². The van der Waals surface area contributed by atoms with E-state index in [0.29, 0.717) is 32.9 Å². The number of anilines is 2. The van der Waals surface area contributed by atoms with Gasteiger partial charge in [0.25, 0.3) is 0 Å². The second-order valence-corrected chi connectivity index (χ2v) is 11.0. The van der Waals surface area contributed by atoms with Crippen LogP contribution in [0.15, 0.2) is 84.8 Å². The molecule has 4 N–H and O–H groups in total. The van der Waals surface area contributed by atoms with Crippen LogP contribution in [0.25, 0.3) is 10.9 Å². The maximum Gasteiger partial charge on any atom is 0.103 e. The first-order valence-corrected chi connectivity index (χ1v) is 14.2. The fourth-order valence-electron chi connectivity index (χ4n) is 5.10. The average molecular weight is 571 g/mol. The van der Waals surface area contributed by atoms with Gasteiger partial charge in [0.15, 0.2) is 0 Å². The first kappa shape index (κ1) is 26.3. The van der Waals surface area contributed by atoms with Crippen LogP contribution in [0.2, 0.25) is 10.0 Å². The van der Waals surface area contributed by atoms with Gasteiger partial charge in [-0.15, -0.1) is 5.53 Å². The van der Waals surface area contributed by atoms with Crippen LogP contribution >= 0.6 is 23.2 Å². The molecule has 2 atom stereocenters. The topological polar surface area (TPSA) is 88.0 Å². The molecule has 2 aliphatic rings. The summed E-state index contributed by atoms with van der Waals surface area (Å²) in [6.07, 6.45) is 6.86. The third-order valence-corrected chi connectivity index (χ3v) is 7.85. The van der Waals surface area contributed by atoms with Crippen LogP contribution in [-0.4, -0.2) is 16.0 Å². The molecule has 1 fully saturated rings. The number of hydrogen-bond donors (Lipinski definition) is 4. The predicted octanol–water partition coefficient (Wildman–Crippen LogP) is 7.46. The smallest absolute Gasteiger partial charge is 0.103 e. The highest BCUT2D eigenvalue weighted by Gasteiger charge is 2.32. The first-order valence-electron chi connectivity index (χ1n) is 13.4. The van der Waals surface area contributed by atoms with Crippen LogP contribution in [0.3, 0.4) is 0 Å². The Kier molecular flexibility index (Phi) is 7.40. The average Bonchev–Trinajstić information content (AvgIpc) is 3.71. The highest BCUT2D eigenvalue weighted by atomic mass is 35.5. The van der Waals surface area contributed by atoms with Crippen molar-refractivity contribution in [2.75, 3.05) is 10.6 Å². The molecule has 40 heavy (non-hydrogen) atoms. The van der Waals surface area contributed by atoms with Gasteiger partial charge in [-0.05, 0) is 54.7 Å². The van der Waals surface area contributed by atoms with Crippen LogP contribution < -0.4 is 21.6 Å². The molecule has 0 saturated heterocycles. The lowest BCUT2D eigenvalue weighted by molar-refractivity contribution is 0.260. The van der Waals surface area contributed by atoms with Gasteiger partial charge in [0.05, 0.1) is 39.6 Å². The Morgan fingerprint density at radius 3 is 2.58 bits per heavy atom. The molecule has 0 spiro atoms. The summed E-state index contributed by atoms with van der Waals surface area (Å²) >= 11 is 13.2. The van der Waals surface area contributed by atoms with Crippen LogP contribution in [-0.2, 0) is 0 Å². The lowest BCUT2D eigenvalue weighted by atomic mass is 10.0. The molecule has 2 heterocycles. The molecule has 3 aromatic carbocycles. The monoisotopic (exact) mass is 569 g/mol. The molecule has 1 aliphatic carbocycles. The van der Waals surface area contributed by atoms with Crippen molar-refractivity contribution in [2.45, 2.75) is 44.3 Å². The Balaban J connectivity index is 1.41. The van der Waals surface area contributed by atoms with E-state index in [2.05, 4.69) is 62.9 Å². The maximum atomic E-state index is 9.99. The number of halogens is 2. The van der Waals surface area contributed by atoms with Crippen molar-refractivity contribution in [3.63, 3.8) is 0 Å². The molecule has 0 amide bonds. The fraction of sp³-hybridized carbons (Fsp3) is 0.226. The molecule has 1 aromatic heterocycles. The van der Waals surface area contributed by atoms with Crippen molar-refractivity contribution in [3.8, 4) is 6.07 Å². The Labute approximate surface area is 243 Å². The van der Waals surface area contributed by atoms with E-state index < -0.39 is 0 Å². The SMILES string of the molecule is CC[C@@H](Nc1c(C#N)cnc2c(Cl)cc(N[C@H](C3=CN(C4CC4)NN3)c3cccc(Cl)c3)cc12)c1ccccc1. The van der Waals surface area contributed by atoms with Gasteiger partial charge in [0.1, 0.15) is 6.07 Å². The fourth-order valence-corrected chi connectivity index (χ4v) is 5.56. The lowest BCUT2D eigenvalue weighted by Gasteiger charge is -2.24. The van der Waals surface area contributed by atoms with Gasteiger partial charge in [-0.1, -0.05) is 72.6 Å². The number of pyridine rings is 1. The van der Waals surface area contributed by atoms with Crippen LogP contribution in [0, 0.1) is 11.3 Å². The number of hydrazine groups is 2. The molecule has 0 radical (unpaired) electrons. The molecule has 0 unspecified atom stereocenters. The van der Waals surface area contributed by atoms with Gasteiger partial charge in [-0.2, -0.15) is 5.26 Å². The minimum Gasteiger partial charge on any atom is -0.377 e. The number of hydrogen-bond acceptors (Lipinski definition) is 7. The number of rotatable bonds is 9. The summed E-state index contributed by atoms with van der Waals surface area (Å²) in [5.74, 6) is 0. The summed E-state index contributed by atoms with van der Waals surface area (Å²) in [7, 11) is 0. The van der Waals surface area contributed by atoms with E-state index in [4.69, 9.17) is 23.2 Å². The van der Waals surface area contributed by atoms with E-state index in [1.807, 2.05) is 54.6 Å². The van der Waals surface area contributed by atoms with E-state index in [1.165, 1.54) is 12.8 Å². The quantitative estimate of drug-likeness (QED) is 0.166. The molecule has 0 bridgehead atoms. The summed E-state index contributed by atoms with van der Waals surface area (Å²) < 4.78 is 0. The second-order valence-electron chi connectivity index (χ2n) is 10.1. The number of nitriles is 1. The number of aromatic nitrogens is 1. The zero-order valence-corrected chi connectivity index (χ0v) is 23.5. The highest BCUT2D eigenvalue weighted by molar-refractivity contribution is 6.36. The number of nitrogens with one attached hydrogen (secondary N) is 4. The maximum absolute atomic E-state index is 9.99. The number of fused-ring (bicyclic) bond motifs is 1. The first-order chi connectivity index (χ1) is 19.5. The normalized spacial score (nSPS) is 16.1. The van der Waals surface area contributed by atoms with Crippen LogP contribution in [0.1, 0.15) is 55.0 Å². The standard InChI is InChI=1S/C31H29Cl2N7/c1-2-27(19-7-4-3-5-8-19)37-29-21(16-34)17-35-31-25(29)14-23(15-26(31)33)36-30(20-9-6-10-22(32)13-20)28-18-40(39-38-28)24-11-12-24/h3-10,13-15,17-18,24,27,30,36,38-39H,2,11-12H2,1H3,(H,35,37)/t27-,30+/m1/s1. The number of nitrogens with zero attached hydrogens (tertiary/aromatic N) is 3. The minimum absolute atomic E-state index is 0.0147. The predicted molar refractivity (Wildman–Crippen MR) is 162 cm³/mol. The Bertz CT molecular complexity index is 1610. The second kappa shape index (κ2) is 11.3. The van der Waals surface area contributed by atoms with Gasteiger partial charge in [0, 0.05) is 34.5 Å². The summed E-state index contributed by atoms with van der Waals surface area (Å²) in [6, 6.07) is 24.5. The van der Waals surface area contributed by atoms with E-state index in [1.54, 1.807) is 6.20 Å². The Hall–Kier alpha value is -3.96. The van der Waals surface area contributed by atoms with E-state index in [-0.39, 0.29) is 12.1 Å². The summed E-state index contributed by atoms with van der Waals surface area (Å²) in [5.41, 5.74) is 12.3. The van der Waals surface area contributed by atoms with Crippen molar-refractivity contribution >= 4 is 45.5 Å². The van der Waals surface area contributed by atoms with Gasteiger partial charge >= 0.3 is 0 Å². The van der Waals surface area contributed by atoms with Crippen molar-refractivity contribution in [1.82, 2.24) is 21.0 Å². The van der Waals surface area contributed by atoms with Crippen LogP contribution in [0.5, 0.6) is 0 Å². The molecule has 1 aliphatic heterocycles. The number of benzene rings is 3. The molecule has 7 nitrogen and oxygen atoms in total. The largest absolute Gasteiger partial charge is 0.377 e. The van der Waals surface area contributed by atoms with Gasteiger partial charge in [-0.3, -0.25) is 9.99 Å². The van der Waals surface area contributed by atoms with Crippen molar-refractivity contribution in [1.29, 1.82) is 5.26 Å². The zero-order valence-electron chi connectivity index (χ0n) is 22.0. The van der Waals surface area contributed by atoms with Crippen LogP contribution in [0.4, 0.5) is 11.4 Å². The summed E-state index contributed by atoms with van der Waals surface area (Å²) in [5, 5.41) is 21.3. The van der Waals surface area contributed by atoms with Gasteiger partial charge in [0.2, 0.25) is 0 Å². The minimum atomic E-state index is -0.236. The summed E-state index contributed by atoms with van der Waals surface area (Å²) in [4.78, 5) is 4.54. The van der Waals surface area contributed by atoms with E-state index >= 15 is 0 Å². The van der Waals surface area contributed by atoms with E-state index in [9.17, 15) is 5.26 Å². The highest BCUT2D eigenvalue weighted by Crippen LogP contribution is 2.38. The third kappa shape index (κ3) is 5.39. The molecule has 6 rings (SSSR count). The molecule has 4 aromatic rings. The Morgan fingerprint density at radius 2 is 1.85 bits per heavy atom. The lowest BCUT2D eigenvalue weighted by Crippen LogP contribution is -2.38. The van der Waals surface area contributed by atoms with Crippen molar-refractivity contribution in [3.05, 3.63) is 112 Å². The molecular formula is C31H29Cl2N7. The zero-order chi connectivity index (χ0) is 27.6. The molecule has 9 heteroatoms. The van der Waals surface area contributed by atoms with E-state index in [0.717, 1.165) is 34.3 Å². The molecule has 202 valence electrons. The van der Waals surface area contributed by atoms with Crippen molar-refractivity contribution < 1.29 is 0 Å². The Morgan fingerprint density at radius 1 is 1.05 bits per heavy atom. The van der Waals surface area contributed by atoms with Gasteiger partial charge in [-0.25, -0.2) is 0 Å². The molecular weight excluding hydrogens is 541 g/mol. The van der Waals surface area contributed by atoms with Gasteiger partial charge < -0.3 is 16.1 Å².